The maximum absolute atomic E-state index is 10.7. The molecular weight excluding hydrogens is 180 g/mol. The molecule has 0 aromatic carbocycles. The number of hydrogen-bond donors (Lipinski definition) is 4. The van der Waals surface area contributed by atoms with Gasteiger partial charge in [-0.25, -0.2) is 4.79 Å². The minimum absolute atomic E-state index is 0.277. The summed E-state index contributed by atoms with van der Waals surface area (Å²) >= 11 is 0. The number of aliphatic carboxylic acids is 1. The molecule has 2 atom stereocenters. The number of carbonyl (C=O) groups excluding carboxylic acids is 1. The Morgan fingerprint density at radius 1 is 1.46 bits per heavy atom. The highest BCUT2D eigenvalue weighted by Gasteiger charge is 2.18. The summed E-state index contributed by atoms with van der Waals surface area (Å²) in [5.74, 6) is -2.26. The minimum Gasteiger partial charge on any atom is -0.480 e. The van der Waals surface area contributed by atoms with Crippen molar-refractivity contribution >= 4 is 11.9 Å². The summed E-state index contributed by atoms with van der Waals surface area (Å²) < 4.78 is 4.34. The van der Waals surface area contributed by atoms with E-state index in [0.29, 0.717) is 0 Å². The van der Waals surface area contributed by atoms with Crippen LogP contribution in [-0.4, -0.2) is 47.4 Å². The first-order valence-electron chi connectivity index (χ1n) is 3.52. The molecule has 76 valence electrons. The van der Waals surface area contributed by atoms with Gasteiger partial charge in [-0.3, -0.25) is 4.79 Å². The zero-order valence-electron chi connectivity index (χ0n) is 6.84. The summed E-state index contributed by atoms with van der Waals surface area (Å²) in [5, 5.41) is 17.1. The van der Waals surface area contributed by atoms with Gasteiger partial charge in [0.2, 0.25) is 0 Å². The molecule has 0 spiro atoms. The van der Waals surface area contributed by atoms with Gasteiger partial charge in [0.1, 0.15) is 12.6 Å². The molecule has 0 fully saturated rings. The van der Waals surface area contributed by atoms with Crippen molar-refractivity contribution in [2.45, 2.75) is 12.1 Å². The third-order valence-corrected chi connectivity index (χ3v) is 1.22. The predicted octanol–water partition coefficient (Wildman–Crippen LogP) is -2.74. The van der Waals surface area contributed by atoms with Crippen molar-refractivity contribution in [3.63, 3.8) is 0 Å². The molecule has 0 radical (unpaired) electrons. The van der Waals surface area contributed by atoms with Crippen molar-refractivity contribution in [2.24, 2.45) is 11.5 Å². The third kappa shape index (κ3) is 4.41. The first kappa shape index (κ1) is 11.8. The third-order valence-electron chi connectivity index (χ3n) is 1.22. The topological polar surface area (TPSA) is 136 Å². The van der Waals surface area contributed by atoms with Gasteiger partial charge in [0.05, 0.1) is 0 Å². The summed E-state index contributed by atoms with van der Waals surface area (Å²) in [6, 6.07) is -1.28. The second-order valence-electron chi connectivity index (χ2n) is 2.33. The van der Waals surface area contributed by atoms with Gasteiger partial charge in [-0.2, -0.15) is 0 Å². The molecule has 0 aromatic rings. The quantitative estimate of drug-likeness (QED) is 0.347. The number of aliphatic hydroxyl groups excluding tert-OH is 1. The molecule has 2 unspecified atom stereocenters. The number of ether oxygens (including phenoxy) is 1. The van der Waals surface area contributed by atoms with Crippen molar-refractivity contribution in [2.75, 3.05) is 13.2 Å². The Bertz CT molecular complexity index is 195. The molecular formula is C6H12N2O5. The highest BCUT2D eigenvalue weighted by atomic mass is 16.5. The van der Waals surface area contributed by atoms with Crippen molar-refractivity contribution in [3.05, 3.63) is 0 Å². The molecule has 0 amide bonds. The van der Waals surface area contributed by atoms with E-state index in [1.807, 2.05) is 0 Å². The molecule has 7 heteroatoms. The van der Waals surface area contributed by atoms with Gasteiger partial charge in [0.15, 0.2) is 6.10 Å². The Morgan fingerprint density at radius 3 is 2.38 bits per heavy atom. The van der Waals surface area contributed by atoms with E-state index < -0.39 is 30.7 Å². The average Bonchev–Trinajstić information content (AvgIpc) is 2.11. The maximum atomic E-state index is 10.7. The van der Waals surface area contributed by atoms with E-state index in [1.54, 1.807) is 0 Å². The lowest BCUT2D eigenvalue weighted by Crippen LogP contribution is -2.39. The molecule has 0 heterocycles. The summed E-state index contributed by atoms with van der Waals surface area (Å²) in [6.07, 6.45) is -1.43. The fraction of sp³-hybridized carbons (Fsp3) is 0.667. The van der Waals surface area contributed by atoms with E-state index in [0.717, 1.165) is 0 Å². The van der Waals surface area contributed by atoms with Gasteiger partial charge in [-0.05, 0) is 0 Å². The van der Waals surface area contributed by atoms with Gasteiger partial charge in [-0.1, -0.05) is 0 Å². The van der Waals surface area contributed by atoms with Crippen molar-refractivity contribution in [3.8, 4) is 0 Å². The zero-order valence-corrected chi connectivity index (χ0v) is 6.84. The lowest BCUT2D eigenvalue weighted by Gasteiger charge is -2.10. The standard InChI is InChI=1S/C6H12N2O5/c7-1-4(9)6(12)13-2-3(8)5(10)11/h3-4,9H,1-2,7-8H2,(H,10,11). The first-order valence-corrected chi connectivity index (χ1v) is 3.52. The molecule has 0 aliphatic carbocycles. The van der Waals surface area contributed by atoms with E-state index >= 15 is 0 Å². The number of rotatable bonds is 5. The van der Waals surface area contributed by atoms with Gasteiger partial charge in [0.25, 0.3) is 0 Å². The SMILES string of the molecule is NCC(O)C(=O)OCC(N)C(=O)O. The number of carboxylic acids is 1. The molecule has 0 rings (SSSR count). The molecule has 6 N–H and O–H groups in total. The molecule has 0 saturated heterocycles. The lowest BCUT2D eigenvalue weighted by atomic mass is 10.3. The van der Waals surface area contributed by atoms with Crippen molar-refractivity contribution < 1.29 is 24.5 Å². The lowest BCUT2D eigenvalue weighted by molar-refractivity contribution is -0.155. The zero-order chi connectivity index (χ0) is 10.4. The summed E-state index contributed by atoms with van der Waals surface area (Å²) in [4.78, 5) is 20.8. The van der Waals surface area contributed by atoms with Crippen LogP contribution < -0.4 is 11.5 Å². The number of aliphatic hydroxyl groups is 1. The van der Waals surface area contributed by atoms with Crippen LogP contribution in [0.2, 0.25) is 0 Å². The van der Waals surface area contributed by atoms with Crippen molar-refractivity contribution in [1.29, 1.82) is 0 Å². The van der Waals surface area contributed by atoms with Gasteiger partial charge >= 0.3 is 11.9 Å². The summed E-state index contributed by atoms with van der Waals surface area (Å²) in [6.45, 7) is -0.758. The Labute approximate surface area is 74.3 Å². The minimum atomic E-state index is -1.43. The van der Waals surface area contributed by atoms with E-state index in [9.17, 15) is 9.59 Å². The maximum Gasteiger partial charge on any atom is 0.336 e. The predicted molar refractivity (Wildman–Crippen MR) is 41.6 cm³/mol. The van der Waals surface area contributed by atoms with Crippen LogP contribution in [0.5, 0.6) is 0 Å². The van der Waals surface area contributed by atoms with Crippen LogP contribution in [0, 0.1) is 0 Å². The summed E-state index contributed by atoms with van der Waals surface area (Å²) in [7, 11) is 0. The largest absolute Gasteiger partial charge is 0.480 e. The van der Waals surface area contributed by atoms with E-state index in [4.69, 9.17) is 21.7 Å². The van der Waals surface area contributed by atoms with E-state index in [-0.39, 0.29) is 6.54 Å². The van der Waals surface area contributed by atoms with E-state index in [1.165, 1.54) is 0 Å². The smallest absolute Gasteiger partial charge is 0.336 e. The van der Waals surface area contributed by atoms with Gasteiger partial charge in [-0.15, -0.1) is 0 Å². The second kappa shape index (κ2) is 5.46. The van der Waals surface area contributed by atoms with Gasteiger partial charge < -0.3 is 26.4 Å². The molecule has 7 nitrogen and oxygen atoms in total. The van der Waals surface area contributed by atoms with E-state index in [2.05, 4.69) is 4.74 Å². The number of carboxylic acid groups (broad SMARTS) is 1. The molecule has 0 aliphatic heterocycles. The first-order chi connectivity index (χ1) is 5.99. The van der Waals surface area contributed by atoms with Crippen LogP contribution in [0.3, 0.4) is 0 Å². The molecule has 0 bridgehead atoms. The van der Waals surface area contributed by atoms with Crippen LogP contribution in [0.25, 0.3) is 0 Å². The molecule has 0 saturated carbocycles. The molecule has 0 aromatic heterocycles. The second-order valence-corrected chi connectivity index (χ2v) is 2.33. The number of hydrogen-bond acceptors (Lipinski definition) is 6. The monoisotopic (exact) mass is 192 g/mol. The normalized spacial score (nSPS) is 14.7. The number of nitrogens with two attached hydrogens (primary N) is 2. The average molecular weight is 192 g/mol. The summed E-state index contributed by atoms with van der Waals surface area (Å²) in [5.41, 5.74) is 9.96. The molecule has 13 heavy (non-hydrogen) atoms. The van der Waals surface area contributed by atoms with Crippen LogP contribution >= 0.6 is 0 Å². The fourth-order valence-electron chi connectivity index (χ4n) is 0.436. The Balaban J connectivity index is 3.76. The number of esters is 1. The van der Waals surface area contributed by atoms with Crippen LogP contribution in [0.15, 0.2) is 0 Å². The number of carbonyl (C=O) groups is 2. The van der Waals surface area contributed by atoms with Crippen molar-refractivity contribution in [1.82, 2.24) is 0 Å². The molecule has 0 aliphatic rings. The highest BCUT2D eigenvalue weighted by molar-refractivity contribution is 5.76. The van der Waals surface area contributed by atoms with Crippen LogP contribution in [0.4, 0.5) is 0 Å². The Morgan fingerprint density at radius 2 is 2.00 bits per heavy atom. The van der Waals surface area contributed by atoms with Crippen LogP contribution in [0.1, 0.15) is 0 Å². The Kier molecular flexibility index (Phi) is 4.97. The van der Waals surface area contributed by atoms with Crippen LogP contribution in [-0.2, 0) is 14.3 Å². The fourth-order valence-corrected chi connectivity index (χ4v) is 0.436. The van der Waals surface area contributed by atoms with Gasteiger partial charge in [0, 0.05) is 6.54 Å². The Hall–Kier alpha value is -1.18. The highest BCUT2D eigenvalue weighted by Crippen LogP contribution is 1.88.